The molecule has 2 aromatic rings. The lowest BCUT2D eigenvalue weighted by atomic mass is 9.88. The summed E-state index contributed by atoms with van der Waals surface area (Å²) in [5, 5.41) is 0. The van der Waals surface area contributed by atoms with Crippen LogP contribution < -0.4 is 0 Å². The molecule has 0 unspecified atom stereocenters. The van der Waals surface area contributed by atoms with E-state index in [4.69, 9.17) is 0 Å². The van der Waals surface area contributed by atoms with Crippen molar-refractivity contribution in [1.82, 2.24) is 0 Å². The summed E-state index contributed by atoms with van der Waals surface area (Å²) in [6, 6.07) is 9.39. The van der Waals surface area contributed by atoms with Crippen LogP contribution in [0, 0.1) is 5.82 Å². The summed E-state index contributed by atoms with van der Waals surface area (Å²) in [6.07, 6.45) is 1.81. The van der Waals surface area contributed by atoms with Crippen LogP contribution in [0.4, 0.5) is 22.0 Å². The largest absolute Gasteiger partial charge is 0.342 e. The van der Waals surface area contributed by atoms with Gasteiger partial charge in [-0.2, -0.15) is 17.6 Å². The van der Waals surface area contributed by atoms with Crippen LogP contribution >= 0.6 is 0 Å². The predicted octanol–water partition coefficient (Wildman–Crippen LogP) is 5.81. The standard InChI is InChI=1S/C18H13F5/c1-2-11-3-5-12(6-4-11)14-9-13-7-8-17(20,21)18(22,23)16(13)15(19)10-14/h3-10H,2H2,1H3. The zero-order valence-electron chi connectivity index (χ0n) is 12.2. The molecule has 0 heterocycles. The van der Waals surface area contributed by atoms with E-state index in [2.05, 4.69) is 0 Å². The lowest BCUT2D eigenvalue weighted by Crippen LogP contribution is -2.39. The summed E-state index contributed by atoms with van der Waals surface area (Å²) < 4.78 is 68.5. The fourth-order valence-corrected chi connectivity index (χ4v) is 2.66. The second-order valence-corrected chi connectivity index (χ2v) is 5.50. The number of alkyl halides is 4. The molecule has 1 aliphatic rings. The van der Waals surface area contributed by atoms with Gasteiger partial charge in [-0.05, 0) is 46.9 Å². The van der Waals surface area contributed by atoms with E-state index in [1.54, 1.807) is 12.1 Å². The third-order valence-corrected chi connectivity index (χ3v) is 4.02. The Morgan fingerprint density at radius 1 is 0.913 bits per heavy atom. The van der Waals surface area contributed by atoms with Gasteiger partial charge in [0.2, 0.25) is 0 Å². The lowest BCUT2D eigenvalue weighted by Gasteiger charge is -2.29. The Morgan fingerprint density at radius 3 is 2.17 bits per heavy atom. The average Bonchev–Trinajstić information content (AvgIpc) is 2.51. The number of rotatable bonds is 2. The predicted molar refractivity (Wildman–Crippen MR) is 79.1 cm³/mol. The third-order valence-electron chi connectivity index (χ3n) is 4.02. The van der Waals surface area contributed by atoms with Gasteiger partial charge < -0.3 is 0 Å². The van der Waals surface area contributed by atoms with Crippen molar-refractivity contribution < 1.29 is 22.0 Å². The molecule has 0 atom stereocenters. The number of benzene rings is 2. The Hall–Kier alpha value is -2.17. The molecule has 0 aliphatic heterocycles. The molecule has 0 radical (unpaired) electrons. The number of halogens is 5. The van der Waals surface area contributed by atoms with Gasteiger partial charge in [-0.1, -0.05) is 37.3 Å². The van der Waals surface area contributed by atoms with E-state index < -0.39 is 23.2 Å². The van der Waals surface area contributed by atoms with Gasteiger partial charge in [-0.3, -0.25) is 0 Å². The van der Waals surface area contributed by atoms with E-state index in [-0.39, 0.29) is 11.6 Å². The highest BCUT2D eigenvalue weighted by atomic mass is 19.3. The molecule has 0 spiro atoms. The van der Waals surface area contributed by atoms with Gasteiger partial charge >= 0.3 is 11.8 Å². The molecule has 0 N–H and O–H groups in total. The van der Waals surface area contributed by atoms with Gasteiger partial charge in [-0.15, -0.1) is 0 Å². The van der Waals surface area contributed by atoms with Crippen molar-refractivity contribution in [1.29, 1.82) is 0 Å². The van der Waals surface area contributed by atoms with Crippen molar-refractivity contribution in [2.24, 2.45) is 0 Å². The van der Waals surface area contributed by atoms with E-state index in [9.17, 15) is 22.0 Å². The van der Waals surface area contributed by atoms with Crippen molar-refractivity contribution in [3.8, 4) is 11.1 Å². The fraction of sp³-hybridized carbons (Fsp3) is 0.222. The van der Waals surface area contributed by atoms with Gasteiger partial charge in [-0.25, -0.2) is 4.39 Å². The van der Waals surface area contributed by atoms with Crippen molar-refractivity contribution in [3.05, 3.63) is 65.0 Å². The van der Waals surface area contributed by atoms with Crippen LogP contribution in [0.5, 0.6) is 0 Å². The van der Waals surface area contributed by atoms with Crippen molar-refractivity contribution in [3.63, 3.8) is 0 Å². The Kier molecular flexibility index (Phi) is 3.54. The second kappa shape index (κ2) is 5.18. The highest BCUT2D eigenvalue weighted by Gasteiger charge is 2.59. The zero-order valence-corrected chi connectivity index (χ0v) is 12.2. The highest BCUT2D eigenvalue weighted by molar-refractivity contribution is 5.71. The van der Waals surface area contributed by atoms with Gasteiger partial charge in [0.25, 0.3) is 0 Å². The summed E-state index contributed by atoms with van der Waals surface area (Å²) in [4.78, 5) is 0. The first kappa shape index (κ1) is 15.7. The van der Waals surface area contributed by atoms with Crippen LogP contribution in [0.3, 0.4) is 0 Å². The summed E-state index contributed by atoms with van der Waals surface area (Å²) >= 11 is 0. The molecular weight excluding hydrogens is 311 g/mol. The van der Waals surface area contributed by atoms with Gasteiger partial charge in [0.1, 0.15) is 5.82 Å². The molecule has 0 bridgehead atoms. The minimum absolute atomic E-state index is 0.124. The Labute approximate surface area is 130 Å². The molecule has 2 aromatic carbocycles. The van der Waals surface area contributed by atoms with Crippen LogP contribution in [-0.2, 0) is 12.3 Å². The molecule has 1 aliphatic carbocycles. The minimum atomic E-state index is -4.56. The summed E-state index contributed by atoms with van der Waals surface area (Å²) in [6.45, 7) is 1.99. The van der Waals surface area contributed by atoms with E-state index in [0.717, 1.165) is 24.1 Å². The van der Waals surface area contributed by atoms with Crippen molar-refractivity contribution in [2.75, 3.05) is 0 Å². The summed E-state index contributed by atoms with van der Waals surface area (Å²) in [5.41, 5.74) is 0.611. The first-order valence-electron chi connectivity index (χ1n) is 7.14. The lowest BCUT2D eigenvalue weighted by molar-refractivity contribution is -0.189. The van der Waals surface area contributed by atoms with E-state index in [1.807, 2.05) is 19.1 Å². The molecule has 0 saturated carbocycles. The summed E-state index contributed by atoms with van der Waals surface area (Å²) in [7, 11) is 0. The maximum atomic E-state index is 14.2. The van der Waals surface area contributed by atoms with E-state index >= 15 is 0 Å². The first-order valence-corrected chi connectivity index (χ1v) is 7.14. The van der Waals surface area contributed by atoms with Crippen LogP contribution in [0.1, 0.15) is 23.6 Å². The van der Waals surface area contributed by atoms with Crippen molar-refractivity contribution in [2.45, 2.75) is 25.2 Å². The molecule has 3 rings (SSSR count). The highest BCUT2D eigenvalue weighted by Crippen LogP contribution is 2.50. The van der Waals surface area contributed by atoms with Crippen LogP contribution in [-0.4, -0.2) is 5.92 Å². The molecule has 0 nitrogen and oxygen atoms in total. The number of hydrogen-bond donors (Lipinski definition) is 0. The second-order valence-electron chi connectivity index (χ2n) is 5.50. The molecule has 0 fully saturated rings. The van der Waals surface area contributed by atoms with E-state index in [1.165, 1.54) is 6.07 Å². The van der Waals surface area contributed by atoms with Crippen LogP contribution in [0.15, 0.2) is 42.5 Å². The molecule has 0 amide bonds. The average molecular weight is 324 g/mol. The third kappa shape index (κ3) is 2.44. The van der Waals surface area contributed by atoms with Gasteiger partial charge in [0, 0.05) is 0 Å². The number of allylic oxidation sites excluding steroid dienone is 1. The number of hydrogen-bond acceptors (Lipinski definition) is 0. The normalized spacial score (nSPS) is 17.8. The first-order chi connectivity index (χ1) is 10.8. The number of fused-ring (bicyclic) bond motifs is 1. The fourth-order valence-electron chi connectivity index (χ4n) is 2.66. The van der Waals surface area contributed by atoms with Gasteiger partial charge in [0.15, 0.2) is 0 Å². The SMILES string of the molecule is CCc1ccc(-c2cc(F)c3c(c2)C=CC(F)(F)C3(F)F)cc1. The number of aryl methyl sites for hydroxylation is 1. The van der Waals surface area contributed by atoms with Crippen molar-refractivity contribution >= 4 is 6.08 Å². The minimum Gasteiger partial charge on any atom is -0.206 e. The Bertz CT molecular complexity index is 773. The van der Waals surface area contributed by atoms with E-state index in [0.29, 0.717) is 11.1 Å². The monoisotopic (exact) mass is 324 g/mol. The Morgan fingerprint density at radius 2 is 1.57 bits per heavy atom. The molecule has 0 aromatic heterocycles. The smallest absolute Gasteiger partial charge is 0.206 e. The molecular formula is C18H13F5. The molecule has 120 valence electrons. The van der Waals surface area contributed by atoms with Crippen LogP contribution in [0.2, 0.25) is 0 Å². The molecule has 5 heteroatoms. The maximum absolute atomic E-state index is 14.2. The quantitative estimate of drug-likeness (QED) is 0.612. The zero-order chi connectivity index (χ0) is 16.8. The van der Waals surface area contributed by atoms with Crippen LogP contribution in [0.25, 0.3) is 17.2 Å². The maximum Gasteiger partial charge on any atom is 0.342 e. The van der Waals surface area contributed by atoms with Gasteiger partial charge in [0.05, 0.1) is 5.56 Å². The summed E-state index contributed by atoms with van der Waals surface area (Å²) in [5.74, 6) is -10.3. The molecule has 0 saturated heterocycles. The topological polar surface area (TPSA) is 0 Å². The molecule has 23 heavy (non-hydrogen) atoms. The Balaban J connectivity index is 2.13.